The minimum Gasteiger partial charge on any atom is -0.489 e. The van der Waals surface area contributed by atoms with Crippen molar-refractivity contribution >= 4 is 17.2 Å². The van der Waals surface area contributed by atoms with E-state index in [0.29, 0.717) is 22.9 Å². The van der Waals surface area contributed by atoms with Crippen molar-refractivity contribution in [2.45, 2.75) is 25.6 Å². The molecule has 1 saturated heterocycles. The number of thiazole rings is 1. The van der Waals surface area contributed by atoms with Crippen LogP contribution < -0.4 is 10.1 Å². The van der Waals surface area contributed by atoms with Crippen LogP contribution in [0.5, 0.6) is 5.75 Å². The highest BCUT2D eigenvalue weighted by molar-refractivity contribution is 7.13. The van der Waals surface area contributed by atoms with E-state index in [1.807, 2.05) is 0 Å². The normalized spacial score (nSPS) is 15.9. The van der Waals surface area contributed by atoms with Crippen molar-refractivity contribution in [2.75, 3.05) is 13.2 Å². The van der Waals surface area contributed by atoms with Crippen LogP contribution in [0.25, 0.3) is 10.6 Å². The van der Waals surface area contributed by atoms with Crippen molar-refractivity contribution in [3.63, 3.8) is 0 Å². The van der Waals surface area contributed by atoms with Gasteiger partial charge in [0, 0.05) is 30.2 Å². The Hall–Kier alpha value is -2.84. The quantitative estimate of drug-likeness (QED) is 0.596. The van der Waals surface area contributed by atoms with Gasteiger partial charge in [-0.25, -0.2) is 13.8 Å². The average Bonchev–Trinajstić information content (AvgIpc) is 3.43. The van der Waals surface area contributed by atoms with Crippen molar-refractivity contribution in [2.24, 2.45) is 0 Å². The number of benzene rings is 2. The third kappa shape index (κ3) is 5.01. The molecule has 5 nitrogen and oxygen atoms in total. The standard InChI is InChI=1S/C22H20F2N2O3S/c23-15-4-1-3-14(9-15)12-29-16-6-7-18(19(24)10-16)22-26-20(13-30-22)21(27)25-11-17-5-2-8-28-17/h1,3-4,6-7,9-10,13,17H,2,5,8,11-12H2,(H,25,27)/t17-/m0/s1. The molecule has 2 heterocycles. The number of halogens is 2. The molecular formula is C22H20F2N2O3S. The zero-order valence-corrected chi connectivity index (χ0v) is 16.9. The van der Waals surface area contributed by atoms with E-state index in [-0.39, 0.29) is 35.7 Å². The van der Waals surface area contributed by atoms with Crippen LogP contribution in [0, 0.1) is 11.6 Å². The molecule has 0 spiro atoms. The Morgan fingerprint density at radius 3 is 2.93 bits per heavy atom. The highest BCUT2D eigenvalue weighted by atomic mass is 32.1. The van der Waals surface area contributed by atoms with Crippen LogP contribution in [0.15, 0.2) is 47.8 Å². The number of amides is 1. The van der Waals surface area contributed by atoms with Gasteiger partial charge in [0.25, 0.3) is 5.91 Å². The number of aromatic nitrogens is 1. The number of hydrogen-bond donors (Lipinski definition) is 1. The van der Waals surface area contributed by atoms with Gasteiger partial charge in [-0.05, 0) is 42.7 Å². The molecule has 1 fully saturated rings. The maximum absolute atomic E-state index is 14.6. The Labute approximate surface area is 176 Å². The molecule has 3 aromatic rings. The first-order valence-electron chi connectivity index (χ1n) is 9.61. The Balaban J connectivity index is 1.38. The zero-order valence-electron chi connectivity index (χ0n) is 16.1. The highest BCUT2D eigenvalue weighted by Crippen LogP contribution is 2.29. The maximum Gasteiger partial charge on any atom is 0.270 e. The summed E-state index contributed by atoms with van der Waals surface area (Å²) in [5.41, 5.74) is 1.19. The number of nitrogens with one attached hydrogen (secondary N) is 1. The molecule has 1 aromatic heterocycles. The maximum atomic E-state index is 14.6. The van der Waals surface area contributed by atoms with Crippen LogP contribution >= 0.6 is 11.3 Å². The molecule has 0 aliphatic carbocycles. The zero-order chi connectivity index (χ0) is 20.9. The second-order valence-electron chi connectivity index (χ2n) is 6.94. The molecule has 1 atom stereocenters. The summed E-state index contributed by atoms with van der Waals surface area (Å²) in [4.78, 5) is 16.5. The van der Waals surface area contributed by atoms with Gasteiger partial charge in [0.1, 0.15) is 34.7 Å². The van der Waals surface area contributed by atoms with Crippen molar-refractivity contribution < 1.29 is 23.0 Å². The number of hydrogen-bond acceptors (Lipinski definition) is 5. The van der Waals surface area contributed by atoms with Crippen LogP contribution in [0.4, 0.5) is 8.78 Å². The molecule has 30 heavy (non-hydrogen) atoms. The van der Waals surface area contributed by atoms with Gasteiger partial charge in [-0.15, -0.1) is 11.3 Å². The summed E-state index contributed by atoms with van der Waals surface area (Å²) in [6, 6.07) is 10.5. The predicted molar refractivity (Wildman–Crippen MR) is 110 cm³/mol. The van der Waals surface area contributed by atoms with E-state index in [2.05, 4.69) is 10.3 Å². The highest BCUT2D eigenvalue weighted by Gasteiger charge is 2.19. The summed E-state index contributed by atoms with van der Waals surface area (Å²) in [5, 5.41) is 4.82. The van der Waals surface area contributed by atoms with Crippen LogP contribution in [-0.2, 0) is 11.3 Å². The summed E-state index contributed by atoms with van der Waals surface area (Å²) in [5.74, 6) is -0.834. The summed E-state index contributed by atoms with van der Waals surface area (Å²) in [6.07, 6.45) is 1.98. The van der Waals surface area contributed by atoms with Crippen molar-refractivity contribution in [1.82, 2.24) is 10.3 Å². The van der Waals surface area contributed by atoms with Gasteiger partial charge in [-0.1, -0.05) is 12.1 Å². The monoisotopic (exact) mass is 430 g/mol. The van der Waals surface area contributed by atoms with Gasteiger partial charge in [0.05, 0.1) is 6.10 Å². The predicted octanol–water partition coefficient (Wildman–Crippen LogP) is 4.58. The first kappa shape index (κ1) is 20.4. The van der Waals surface area contributed by atoms with Gasteiger partial charge in [0.15, 0.2) is 0 Å². The van der Waals surface area contributed by atoms with Crippen molar-refractivity contribution in [3.05, 3.63) is 70.7 Å². The van der Waals surface area contributed by atoms with Crippen LogP contribution in [-0.4, -0.2) is 30.1 Å². The molecular weight excluding hydrogens is 410 g/mol. The smallest absolute Gasteiger partial charge is 0.270 e. The Kier molecular flexibility index (Phi) is 6.35. The lowest BCUT2D eigenvalue weighted by molar-refractivity contribution is 0.0854. The number of rotatable bonds is 7. The second-order valence-corrected chi connectivity index (χ2v) is 7.80. The Morgan fingerprint density at radius 2 is 2.17 bits per heavy atom. The Bertz CT molecular complexity index is 1030. The fraction of sp³-hybridized carbons (Fsp3) is 0.273. The average molecular weight is 430 g/mol. The molecule has 0 unspecified atom stereocenters. The molecule has 8 heteroatoms. The largest absolute Gasteiger partial charge is 0.489 e. The lowest BCUT2D eigenvalue weighted by atomic mass is 10.2. The van der Waals surface area contributed by atoms with Crippen LogP contribution in [0.2, 0.25) is 0 Å². The molecule has 0 saturated carbocycles. The summed E-state index contributed by atoms with van der Waals surface area (Å²) < 4.78 is 38.9. The van der Waals surface area contributed by atoms with Gasteiger partial charge >= 0.3 is 0 Å². The minimum atomic E-state index is -0.507. The first-order valence-corrected chi connectivity index (χ1v) is 10.5. The molecule has 0 bridgehead atoms. The van der Waals surface area contributed by atoms with Crippen molar-refractivity contribution in [1.29, 1.82) is 0 Å². The van der Waals surface area contributed by atoms with Gasteiger partial charge in [-0.3, -0.25) is 4.79 Å². The number of ether oxygens (including phenoxy) is 2. The summed E-state index contributed by atoms with van der Waals surface area (Å²) in [6.45, 7) is 1.29. The van der Waals surface area contributed by atoms with Crippen LogP contribution in [0.1, 0.15) is 28.9 Å². The first-order chi connectivity index (χ1) is 14.6. The van der Waals surface area contributed by atoms with Gasteiger partial charge in [-0.2, -0.15) is 0 Å². The van der Waals surface area contributed by atoms with E-state index in [1.165, 1.54) is 29.5 Å². The molecule has 1 aliphatic heterocycles. The van der Waals surface area contributed by atoms with Crippen molar-refractivity contribution in [3.8, 4) is 16.3 Å². The van der Waals surface area contributed by atoms with Gasteiger partial charge < -0.3 is 14.8 Å². The van der Waals surface area contributed by atoms with E-state index in [1.54, 1.807) is 29.6 Å². The molecule has 2 aromatic carbocycles. The molecule has 1 amide bonds. The van der Waals surface area contributed by atoms with Crippen LogP contribution in [0.3, 0.4) is 0 Å². The van der Waals surface area contributed by atoms with E-state index < -0.39 is 5.82 Å². The fourth-order valence-corrected chi connectivity index (χ4v) is 3.98. The third-order valence-electron chi connectivity index (χ3n) is 4.72. The third-order valence-corrected chi connectivity index (χ3v) is 5.59. The molecule has 4 rings (SSSR count). The van der Waals surface area contributed by atoms with E-state index in [9.17, 15) is 13.6 Å². The molecule has 0 radical (unpaired) electrons. The van der Waals surface area contributed by atoms with E-state index in [0.717, 1.165) is 19.4 Å². The lowest BCUT2D eigenvalue weighted by Gasteiger charge is -2.09. The minimum absolute atomic E-state index is 0.0458. The van der Waals surface area contributed by atoms with E-state index in [4.69, 9.17) is 9.47 Å². The summed E-state index contributed by atoms with van der Waals surface area (Å²) in [7, 11) is 0. The van der Waals surface area contributed by atoms with Gasteiger partial charge in [0.2, 0.25) is 0 Å². The number of carbonyl (C=O) groups excluding carboxylic acids is 1. The number of carbonyl (C=O) groups is 1. The molecule has 156 valence electrons. The number of nitrogens with zero attached hydrogens (tertiary/aromatic N) is 1. The fourth-order valence-electron chi connectivity index (χ4n) is 3.16. The second kappa shape index (κ2) is 9.32. The topological polar surface area (TPSA) is 60.5 Å². The SMILES string of the molecule is O=C(NC[C@@H]1CCCO1)c1csc(-c2ccc(OCc3cccc(F)c3)cc2F)n1. The summed E-state index contributed by atoms with van der Waals surface area (Å²) >= 11 is 1.20. The Morgan fingerprint density at radius 1 is 1.27 bits per heavy atom. The van der Waals surface area contributed by atoms with E-state index >= 15 is 0 Å². The lowest BCUT2D eigenvalue weighted by Crippen LogP contribution is -2.31. The molecule has 1 N–H and O–H groups in total. The molecule has 1 aliphatic rings.